The van der Waals surface area contributed by atoms with Gasteiger partial charge in [0, 0.05) is 30.2 Å². The molecule has 2 aliphatic rings. The van der Waals surface area contributed by atoms with Crippen LogP contribution in [-0.4, -0.2) is 65.4 Å². The van der Waals surface area contributed by atoms with Gasteiger partial charge in [0.2, 0.25) is 0 Å². The van der Waals surface area contributed by atoms with Crippen molar-refractivity contribution in [2.45, 2.75) is 75.2 Å². The van der Waals surface area contributed by atoms with Gasteiger partial charge in [-0.1, -0.05) is 0 Å². The molecule has 0 aromatic carbocycles. The Balaban J connectivity index is 0.000000224. The summed E-state index contributed by atoms with van der Waals surface area (Å²) in [5.41, 5.74) is 0. The van der Waals surface area contributed by atoms with E-state index in [-0.39, 0.29) is 0 Å². The van der Waals surface area contributed by atoms with Gasteiger partial charge in [-0.2, -0.15) is 0 Å². The first-order valence-electron chi connectivity index (χ1n) is 9.03. The molecule has 5 nitrogen and oxygen atoms in total. The molecule has 2 aliphatic carbocycles. The Morgan fingerprint density at radius 1 is 0.409 bits per heavy atom. The second kappa shape index (κ2) is 11.4. The van der Waals surface area contributed by atoms with Gasteiger partial charge >= 0.3 is 0 Å². The van der Waals surface area contributed by atoms with Gasteiger partial charge < -0.3 is 26.6 Å². The van der Waals surface area contributed by atoms with E-state index in [1.807, 2.05) is 0 Å². The van der Waals surface area contributed by atoms with Gasteiger partial charge in [-0.3, -0.25) is 0 Å². The molecule has 0 radical (unpaired) electrons. The SMILES string of the molecule is CNC1CC(NC)CC(NC)C1.CNC1CCC(NC)CC1. The quantitative estimate of drug-likeness (QED) is 0.516. The fraction of sp³-hybridized carbons (Fsp3) is 1.00. The minimum Gasteiger partial charge on any atom is -0.317 e. The Labute approximate surface area is 137 Å². The maximum atomic E-state index is 3.35. The first kappa shape index (κ1) is 19.8. The summed E-state index contributed by atoms with van der Waals surface area (Å²) in [5, 5.41) is 16.7. The molecule has 0 spiro atoms. The monoisotopic (exact) mass is 313 g/mol. The van der Waals surface area contributed by atoms with Crippen LogP contribution >= 0.6 is 0 Å². The second-order valence-corrected chi connectivity index (χ2v) is 6.79. The minimum absolute atomic E-state index is 0.675. The lowest BCUT2D eigenvalue weighted by Crippen LogP contribution is -2.48. The van der Waals surface area contributed by atoms with Crippen LogP contribution in [0.3, 0.4) is 0 Å². The standard InChI is InChI=1S/C9H21N3.C8H18N2/c1-10-7-4-8(11-2)6-9(5-7)12-3;1-9-7-3-5-8(10-2)6-4-7/h7-12H,4-6H2,1-3H3;7-10H,3-6H2,1-2H3. The molecule has 22 heavy (non-hydrogen) atoms. The summed E-state index contributed by atoms with van der Waals surface area (Å²) in [4.78, 5) is 0. The molecule has 0 saturated heterocycles. The van der Waals surface area contributed by atoms with Crippen LogP contribution < -0.4 is 26.6 Å². The summed E-state index contributed by atoms with van der Waals surface area (Å²) in [6, 6.07) is 3.59. The highest BCUT2D eigenvalue weighted by Gasteiger charge is 2.25. The van der Waals surface area contributed by atoms with Crippen LogP contribution in [0, 0.1) is 0 Å². The minimum atomic E-state index is 0.675. The van der Waals surface area contributed by atoms with Crippen LogP contribution in [0.15, 0.2) is 0 Å². The van der Waals surface area contributed by atoms with Crippen molar-refractivity contribution < 1.29 is 0 Å². The van der Waals surface area contributed by atoms with E-state index in [4.69, 9.17) is 0 Å². The van der Waals surface area contributed by atoms with Crippen molar-refractivity contribution in [3.63, 3.8) is 0 Å². The van der Waals surface area contributed by atoms with Crippen LogP contribution in [0.5, 0.6) is 0 Å². The Kier molecular flexibility index (Phi) is 10.2. The zero-order valence-corrected chi connectivity index (χ0v) is 15.3. The number of rotatable bonds is 5. The van der Waals surface area contributed by atoms with Gasteiger partial charge in [-0.15, -0.1) is 0 Å². The van der Waals surface area contributed by atoms with E-state index < -0.39 is 0 Å². The predicted octanol–water partition coefficient (Wildman–Crippen LogP) is 0.671. The van der Waals surface area contributed by atoms with E-state index in [0.717, 1.165) is 12.1 Å². The van der Waals surface area contributed by atoms with Crippen molar-refractivity contribution >= 4 is 0 Å². The smallest absolute Gasteiger partial charge is 0.00936 e. The van der Waals surface area contributed by atoms with Crippen LogP contribution in [0.4, 0.5) is 0 Å². The van der Waals surface area contributed by atoms with Crippen molar-refractivity contribution in [3.05, 3.63) is 0 Å². The van der Waals surface area contributed by atoms with E-state index in [2.05, 4.69) is 61.8 Å². The molecule has 2 rings (SSSR count). The van der Waals surface area contributed by atoms with Gasteiger partial charge in [0.25, 0.3) is 0 Å². The molecule has 5 N–H and O–H groups in total. The molecule has 0 heterocycles. The molecule has 0 bridgehead atoms. The lowest BCUT2D eigenvalue weighted by atomic mass is 9.87. The first-order chi connectivity index (χ1) is 10.7. The first-order valence-corrected chi connectivity index (χ1v) is 9.03. The van der Waals surface area contributed by atoms with Crippen molar-refractivity contribution in [1.29, 1.82) is 0 Å². The Morgan fingerprint density at radius 3 is 0.818 bits per heavy atom. The molecule has 0 unspecified atom stereocenters. The van der Waals surface area contributed by atoms with E-state index in [1.54, 1.807) is 0 Å². The third kappa shape index (κ3) is 6.92. The molecule has 132 valence electrons. The zero-order valence-electron chi connectivity index (χ0n) is 15.3. The summed E-state index contributed by atoms with van der Waals surface area (Å²) >= 11 is 0. The maximum absolute atomic E-state index is 3.35. The van der Waals surface area contributed by atoms with E-state index in [9.17, 15) is 0 Å². The van der Waals surface area contributed by atoms with E-state index in [1.165, 1.54) is 44.9 Å². The van der Waals surface area contributed by atoms with E-state index in [0.29, 0.717) is 18.1 Å². The molecule has 2 fully saturated rings. The summed E-state index contributed by atoms with van der Waals surface area (Å²) in [6.07, 6.45) is 9.11. The fourth-order valence-electron chi connectivity index (χ4n) is 3.70. The van der Waals surface area contributed by atoms with Crippen molar-refractivity contribution in [2.24, 2.45) is 0 Å². The Bertz CT molecular complexity index is 224. The second-order valence-electron chi connectivity index (χ2n) is 6.79. The van der Waals surface area contributed by atoms with Crippen molar-refractivity contribution in [2.75, 3.05) is 35.2 Å². The van der Waals surface area contributed by atoms with Gasteiger partial charge in [0.05, 0.1) is 0 Å². The highest BCUT2D eigenvalue weighted by atomic mass is 15.0. The lowest BCUT2D eigenvalue weighted by molar-refractivity contribution is 0.273. The molecule has 5 heteroatoms. The van der Waals surface area contributed by atoms with Gasteiger partial charge in [0.15, 0.2) is 0 Å². The summed E-state index contributed by atoms with van der Waals surface area (Å²) < 4.78 is 0. The van der Waals surface area contributed by atoms with Gasteiger partial charge in [-0.05, 0) is 80.2 Å². The molecule has 0 amide bonds. The van der Waals surface area contributed by atoms with Crippen molar-refractivity contribution in [1.82, 2.24) is 26.6 Å². The normalized spacial score (nSPS) is 35.6. The topological polar surface area (TPSA) is 60.1 Å². The Hall–Kier alpha value is -0.200. The van der Waals surface area contributed by atoms with Crippen LogP contribution in [0.2, 0.25) is 0 Å². The highest BCUT2D eigenvalue weighted by molar-refractivity contribution is 4.88. The molecule has 0 aliphatic heterocycles. The zero-order chi connectivity index (χ0) is 16.4. The summed E-state index contributed by atoms with van der Waals surface area (Å²) in [6.45, 7) is 0. The van der Waals surface area contributed by atoms with Gasteiger partial charge in [0.1, 0.15) is 0 Å². The van der Waals surface area contributed by atoms with Crippen LogP contribution in [0.25, 0.3) is 0 Å². The maximum Gasteiger partial charge on any atom is 0.00936 e. The molecule has 0 atom stereocenters. The fourth-order valence-corrected chi connectivity index (χ4v) is 3.70. The molecular weight excluding hydrogens is 274 g/mol. The highest BCUT2D eigenvalue weighted by Crippen LogP contribution is 2.18. The largest absolute Gasteiger partial charge is 0.317 e. The molecule has 2 saturated carbocycles. The third-order valence-corrected chi connectivity index (χ3v) is 5.48. The summed E-state index contributed by atoms with van der Waals surface area (Å²) in [5.74, 6) is 0. The average Bonchev–Trinajstić information content (AvgIpc) is 2.61. The number of hydrogen-bond donors (Lipinski definition) is 5. The van der Waals surface area contributed by atoms with Crippen LogP contribution in [0.1, 0.15) is 44.9 Å². The van der Waals surface area contributed by atoms with Crippen LogP contribution in [-0.2, 0) is 0 Å². The Morgan fingerprint density at radius 2 is 0.636 bits per heavy atom. The number of nitrogens with one attached hydrogen (secondary N) is 5. The molecule has 0 aromatic rings. The van der Waals surface area contributed by atoms with Gasteiger partial charge in [-0.25, -0.2) is 0 Å². The molecule has 0 aromatic heterocycles. The van der Waals surface area contributed by atoms with Crippen molar-refractivity contribution in [3.8, 4) is 0 Å². The number of hydrogen-bond acceptors (Lipinski definition) is 5. The summed E-state index contributed by atoms with van der Waals surface area (Å²) in [7, 11) is 10.3. The predicted molar refractivity (Wildman–Crippen MR) is 96.6 cm³/mol. The third-order valence-electron chi connectivity index (χ3n) is 5.48. The molecular formula is C17H39N5. The van der Waals surface area contributed by atoms with E-state index >= 15 is 0 Å². The lowest BCUT2D eigenvalue weighted by Gasteiger charge is -2.34. The average molecular weight is 314 g/mol.